The van der Waals surface area contributed by atoms with Crippen molar-refractivity contribution in [2.45, 2.75) is 51.5 Å². The van der Waals surface area contributed by atoms with Gasteiger partial charge in [0.05, 0.1) is 23.0 Å². The van der Waals surface area contributed by atoms with E-state index in [1.54, 1.807) is 33.0 Å². The third kappa shape index (κ3) is 3.02. The highest BCUT2D eigenvalue weighted by Gasteiger charge is 2.41. The first-order valence-electron chi connectivity index (χ1n) is 9.01. The van der Waals surface area contributed by atoms with E-state index in [1.165, 1.54) is 4.31 Å². The lowest BCUT2D eigenvalue weighted by molar-refractivity contribution is 0.380. The van der Waals surface area contributed by atoms with Crippen molar-refractivity contribution in [1.82, 2.24) is 24.6 Å². The van der Waals surface area contributed by atoms with Gasteiger partial charge in [-0.1, -0.05) is 10.3 Å². The molecule has 1 atom stereocenters. The average Bonchev–Trinajstić information content (AvgIpc) is 3.35. The molecule has 148 valence electrons. The van der Waals surface area contributed by atoms with Crippen molar-refractivity contribution in [3.05, 3.63) is 40.9 Å². The Morgan fingerprint density at radius 2 is 1.93 bits per heavy atom. The second kappa shape index (κ2) is 6.78. The summed E-state index contributed by atoms with van der Waals surface area (Å²) >= 11 is 0. The summed E-state index contributed by atoms with van der Waals surface area (Å²) < 4.78 is 38.8. The molecular weight excluding hydrogens is 382 g/mol. The van der Waals surface area contributed by atoms with E-state index in [0.29, 0.717) is 41.5 Å². The van der Waals surface area contributed by atoms with E-state index in [1.807, 2.05) is 6.92 Å². The number of aromatic nitrogens is 4. The predicted octanol–water partition coefficient (Wildman–Crippen LogP) is 2.88. The Bertz CT molecular complexity index is 1120. The molecule has 0 aliphatic carbocycles. The zero-order valence-corrected chi connectivity index (χ0v) is 16.9. The lowest BCUT2D eigenvalue weighted by Gasteiger charge is -2.24. The van der Waals surface area contributed by atoms with E-state index in [9.17, 15) is 8.42 Å². The van der Waals surface area contributed by atoms with E-state index in [2.05, 4.69) is 20.3 Å². The summed E-state index contributed by atoms with van der Waals surface area (Å²) in [5.74, 6) is 1.37. The Morgan fingerprint density at radius 3 is 2.57 bits per heavy atom. The quantitative estimate of drug-likeness (QED) is 0.653. The molecule has 1 saturated heterocycles. The molecule has 1 aliphatic rings. The van der Waals surface area contributed by atoms with Gasteiger partial charge in [0.15, 0.2) is 11.5 Å². The molecule has 0 saturated carbocycles. The summed E-state index contributed by atoms with van der Waals surface area (Å²) in [6.07, 6.45) is 3.04. The van der Waals surface area contributed by atoms with Gasteiger partial charge in [0, 0.05) is 18.8 Å². The van der Waals surface area contributed by atoms with Crippen LogP contribution in [0.1, 0.15) is 47.5 Å². The molecule has 0 radical (unpaired) electrons. The van der Waals surface area contributed by atoms with Gasteiger partial charge in [0.25, 0.3) is 0 Å². The molecule has 3 aromatic rings. The number of rotatable bonds is 4. The average molecular weight is 403 g/mol. The second-order valence-corrected chi connectivity index (χ2v) is 8.80. The fraction of sp³-hybridized carbons (Fsp3) is 0.444. The van der Waals surface area contributed by atoms with Crippen LogP contribution < -0.4 is 0 Å². The topological polar surface area (TPSA) is 115 Å². The molecular formula is C18H21N5O4S. The van der Waals surface area contributed by atoms with Crippen LogP contribution in [0, 0.1) is 27.7 Å². The smallest absolute Gasteiger partial charge is 0.249 e. The first-order valence-corrected chi connectivity index (χ1v) is 10.4. The van der Waals surface area contributed by atoms with E-state index in [4.69, 9.17) is 9.05 Å². The first kappa shape index (κ1) is 18.8. The van der Waals surface area contributed by atoms with Gasteiger partial charge in [-0.05, 0) is 40.5 Å². The number of hydrogen-bond acceptors (Lipinski definition) is 8. The molecule has 0 spiro atoms. The van der Waals surface area contributed by atoms with E-state index in [0.717, 1.165) is 12.1 Å². The maximum absolute atomic E-state index is 13.4. The Morgan fingerprint density at radius 1 is 1.14 bits per heavy atom. The molecule has 9 nitrogen and oxygen atoms in total. The third-order valence-corrected chi connectivity index (χ3v) is 7.04. The van der Waals surface area contributed by atoms with Crippen molar-refractivity contribution in [2.75, 3.05) is 6.54 Å². The second-order valence-electron chi connectivity index (χ2n) is 6.98. The lowest BCUT2D eigenvalue weighted by Crippen LogP contribution is -2.32. The summed E-state index contributed by atoms with van der Waals surface area (Å²) in [5.41, 5.74) is 2.36. The summed E-state index contributed by atoms with van der Waals surface area (Å²) in [4.78, 5) is 8.98. The summed E-state index contributed by atoms with van der Waals surface area (Å²) in [6, 6.07) is 1.36. The maximum Gasteiger partial charge on any atom is 0.249 e. The predicted molar refractivity (Wildman–Crippen MR) is 98.8 cm³/mol. The Hall–Kier alpha value is -2.59. The van der Waals surface area contributed by atoms with Crippen molar-refractivity contribution in [3.8, 4) is 11.3 Å². The highest BCUT2D eigenvalue weighted by molar-refractivity contribution is 7.89. The van der Waals surface area contributed by atoms with Crippen molar-refractivity contribution < 1.29 is 17.5 Å². The third-order valence-electron chi connectivity index (χ3n) is 4.89. The Labute approximate surface area is 162 Å². The minimum absolute atomic E-state index is 0.127. The SMILES string of the molecule is Cc1cc(-c2cnc(C)nc2[C@@H]2CCCN2S(=O)(=O)c2c(C)noc2C)on1. The highest BCUT2D eigenvalue weighted by atomic mass is 32.2. The van der Waals surface area contributed by atoms with Gasteiger partial charge in [0.2, 0.25) is 10.0 Å². The van der Waals surface area contributed by atoms with Crippen molar-refractivity contribution >= 4 is 10.0 Å². The minimum atomic E-state index is -3.79. The van der Waals surface area contributed by atoms with E-state index < -0.39 is 16.1 Å². The van der Waals surface area contributed by atoms with Crippen LogP contribution in [-0.2, 0) is 10.0 Å². The van der Waals surface area contributed by atoms with Crippen LogP contribution in [-0.4, -0.2) is 39.5 Å². The maximum atomic E-state index is 13.4. The van der Waals surface area contributed by atoms with Crippen molar-refractivity contribution in [2.24, 2.45) is 0 Å². The van der Waals surface area contributed by atoms with Gasteiger partial charge < -0.3 is 9.05 Å². The molecule has 0 aromatic carbocycles. The van der Waals surface area contributed by atoms with Gasteiger partial charge in [-0.25, -0.2) is 18.4 Å². The normalized spacial score (nSPS) is 18.1. The molecule has 1 fully saturated rings. The number of aryl methyl sites for hydroxylation is 4. The first-order chi connectivity index (χ1) is 13.3. The molecule has 0 amide bonds. The van der Waals surface area contributed by atoms with Crippen LogP contribution in [0.25, 0.3) is 11.3 Å². The van der Waals surface area contributed by atoms with Crippen LogP contribution in [0.5, 0.6) is 0 Å². The highest BCUT2D eigenvalue weighted by Crippen LogP contribution is 2.40. The van der Waals surface area contributed by atoms with Gasteiger partial charge in [-0.3, -0.25) is 0 Å². The lowest BCUT2D eigenvalue weighted by atomic mass is 10.0. The van der Waals surface area contributed by atoms with Crippen LogP contribution in [0.3, 0.4) is 0 Å². The fourth-order valence-corrected chi connectivity index (χ4v) is 5.64. The molecule has 4 rings (SSSR count). The zero-order chi connectivity index (χ0) is 20.1. The molecule has 0 unspecified atom stereocenters. The fourth-order valence-electron chi connectivity index (χ4n) is 3.68. The molecule has 3 aromatic heterocycles. The molecule has 4 heterocycles. The molecule has 0 bridgehead atoms. The van der Waals surface area contributed by atoms with Crippen LogP contribution >= 0.6 is 0 Å². The Kier molecular flexibility index (Phi) is 4.54. The van der Waals surface area contributed by atoms with Crippen molar-refractivity contribution in [1.29, 1.82) is 0 Å². The molecule has 0 N–H and O–H groups in total. The standard InChI is InChI=1S/C18H21N5O4S/c1-10-8-16(27-21-10)14-9-19-13(4)20-17(14)15-6-5-7-23(15)28(24,25)18-11(2)22-26-12(18)3/h8-9,15H,5-7H2,1-4H3/t15-/m0/s1. The van der Waals surface area contributed by atoms with E-state index >= 15 is 0 Å². The summed E-state index contributed by atoms with van der Waals surface area (Å²) in [7, 11) is -3.79. The van der Waals surface area contributed by atoms with Crippen LogP contribution in [0.2, 0.25) is 0 Å². The van der Waals surface area contributed by atoms with Crippen LogP contribution in [0.15, 0.2) is 26.2 Å². The van der Waals surface area contributed by atoms with Gasteiger partial charge in [-0.15, -0.1) is 0 Å². The zero-order valence-electron chi connectivity index (χ0n) is 16.1. The van der Waals surface area contributed by atoms with Gasteiger partial charge in [0.1, 0.15) is 16.4 Å². The minimum Gasteiger partial charge on any atom is -0.360 e. The number of nitrogens with zero attached hydrogens (tertiary/aromatic N) is 5. The van der Waals surface area contributed by atoms with Crippen LogP contribution in [0.4, 0.5) is 0 Å². The number of hydrogen-bond donors (Lipinski definition) is 0. The number of sulfonamides is 1. The molecule has 1 aliphatic heterocycles. The largest absolute Gasteiger partial charge is 0.360 e. The molecule has 28 heavy (non-hydrogen) atoms. The van der Waals surface area contributed by atoms with E-state index in [-0.39, 0.29) is 10.7 Å². The molecule has 10 heteroatoms. The monoisotopic (exact) mass is 403 g/mol. The Balaban J connectivity index is 1.83. The van der Waals surface area contributed by atoms with Gasteiger partial charge in [-0.2, -0.15) is 4.31 Å². The summed E-state index contributed by atoms with van der Waals surface area (Å²) in [5, 5.41) is 7.74. The van der Waals surface area contributed by atoms with Crippen molar-refractivity contribution in [3.63, 3.8) is 0 Å². The van der Waals surface area contributed by atoms with Gasteiger partial charge >= 0.3 is 0 Å². The summed E-state index contributed by atoms with van der Waals surface area (Å²) in [6.45, 7) is 7.24.